The van der Waals surface area contributed by atoms with Gasteiger partial charge in [0.1, 0.15) is 11.6 Å². The van der Waals surface area contributed by atoms with E-state index in [0.29, 0.717) is 17.9 Å². The lowest BCUT2D eigenvalue weighted by Crippen LogP contribution is -2.04. The molecule has 1 aromatic heterocycles. The van der Waals surface area contributed by atoms with Gasteiger partial charge in [0, 0.05) is 12.6 Å². The first-order valence-electron chi connectivity index (χ1n) is 7.07. The fraction of sp³-hybridized carbons (Fsp3) is 0.235. The van der Waals surface area contributed by atoms with Crippen molar-refractivity contribution in [1.82, 2.24) is 9.55 Å². The van der Waals surface area contributed by atoms with Gasteiger partial charge in [-0.25, -0.2) is 9.37 Å². The van der Waals surface area contributed by atoms with E-state index in [-0.39, 0.29) is 11.9 Å². The van der Waals surface area contributed by atoms with Crippen LogP contribution in [0.5, 0.6) is 0 Å². The largest absolute Gasteiger partial charge is 0.326 e. The Morgan fingerprint density at radius 1 is 1.19 bits per heavy atom. The topological polar surface area (TPSA) is 43.8 Å². The summed E-state index contributed by atoms with van der Waals surface area (Å²) < 4.78 is 16.2. The summed E-state index contributed by atoms with van der Waals surface area (Å²) in [4.78, 5) is 4.64. The Morgan fingerprint density at radius 3 is 2.62 bits per heavy atom. The molecule has 0 radical (unpaired) electrons. The Morgan fingerprint density at radius 2 is 1.95 bits per heavy atom. The smallest absolute Gasteiger partial charge is 0.144 e. The zero-order valence-electron chi connectivity index (χ0n) is 12.2. The molecule has 0 saturated heterocycles. The van der Waals surface area contributed by atoms with Gasteiger partial charge >= 0.3 is 0 Å². The first-order valence-corrected chi connectivity index (χ1v) is 7.07. The van der Waals surface area contributed by atoms with Crippen molar-refractivity contribution in [3.05, 3.63) is 53.8 Å². The Hall–Kier alpha value is -2.20. The minimum atomic E-state index is -0.256. The van der Waals surface area contributed by atoms with Crippen LogP contribution in [-0.2, 0) is 6.54 Å². The third kappa shape index (κ3) is 2.32. The monoisotopic (exact) mass is 283 g/mol. The zero-order chi connectivity index (χ0) is 15.0. The first-order chi connectivity index (χ1) is 10.1. The second-order valence-electron chi connectivity index (χ2n) is 5.41. The molecule has 0 aliphatic rings. The third-order valence-corrected chi connectivity index (χ3v) is 3.62. The highest BCUT2D eigenvalue weighted by Crippen LogP contribution is 2.30. The van der Waals surface area contributed by atoms with Crippen molar-refractivity contribution >= 4 is 11.0 Å². The van der Waals surface area contributed by atoms with E-state index in [1.54, 1.807) is 12.1 Å². The van der Waals surface area contributed by atoms with E-state index < -0.39 is 0 Å². The lowest BCUT2D eigenvalue weighted by atomic mass is 10.2. The Bertz CT molecular complexity index is 790. The number of rotatable bonds is 3. The van der Waals surface area contributed by atoms with E-state index in [0.717, 1.165) is 16.6 Å². The molecule has 2 aromatic carbocycles. The van der Waals surface area contributed by atoms with E-state index in [1.807, 2.05) is 24.3 Å². The molecule has 21 heavy (non-hydrogen) atoms. The van der Waals surface area contributed by atoms with Crippen LogP contribution in [0.4, 0.5) is 4.39 Å². The van der Waals surface area contributed by atoms with Crippen LogP contribution in [-0.4, -0.2) is 9.55 Å². The van der Waals surface area contributed by atoms with Crippen LogP contribution in [0.25, 0.3) is 22.4 Å². The van der Waals surface area contributed by atoms with Gasteiger partial charge in [0.05, 0.1) is 16.6 Å². The summed E-state index contributed by atoms with van der Waals surface area (Å²) in [6, 6.07) is 12.9. The fourth-order valence-corrected chi connectivity index (χ4v) is 2.63. The van der Waals surface area contributed by atoms with Gasteiger partial charge in [-0.1, -0.05) is 18.2 Å². The number of aromatic nitrogens is 2. The van der Waals surface area contributed by atoms with Crippen LogP contribution < -0.4 is 5.73 Å². The van der Waals surface area contributed by atoms with Crippen molar-refractivity contribution in [3.63, 3.8) is 0 Å². The van der Waals surface area contributed by atoms with Crippen molar-refractivity contribution in [3.8, 4) is 11.4 Å². The molecule has 1 heterocycles. The molecule has 0 unspecified atom stereocenters. The highest BCUT2D eigenvalue weighted by atomic mass is 19.1. The van der Waals surface area contributed by atoms with Crippen LogP contribution in [0.15, 0.2) is 42.5 Å². The number of nitrogens with two attached hydrogens (primary N) is 1. The van der Waals surface area contributed by atoms with Gasteiger partial charge in [0.2, 0.25) is 0 Å². The molecule has 0 aliphatic heterocycles. The van der Waals surface area contributed by atoms with Crippen LogP contribution in [0.3, 0.4) is 0 Å². The van der Waals surface area contributed by atoms with Crippen LogP contribution in [0, 0.1) is 5.82 Å². The molecule has 0 amide bonds. The van der Waals surface area contributed by atoms with Crippen molar-refractivity contribution in [1.29, 1.82) is 0 Å². The minimum absolute atomic E-state index is 0.188. The van der Waals surface area contributed by atoms with Crippen molar-refractivity contribution in [2.75, 3.05) is 0 Å². The Kier molecular flexibility index (Phi) is 3.47. The number of halogens is 1. The lowest BCUT2D eigenvalue weighted by molar-refractivity contribution is 0.607. The van der Waals surface area contributed by atoms with Gasteiger partial charge in [-0.3, -0.25) is 0 Å². The summed E-state index contributed by atoms with van der Waals surface area (Å²) in [5.41, 5.74) is 9.09. The van der Waals surface area contributed by atoms with Gasteiger partial charge in [-0.15, -0.1) is 0 Å². The standard InChI is InChI=1S/C17H18FN3/c1-11(2)21-16-8-7-12(10-19)9-15(16)20-17(21)13-5-3-4-6-14(13)18/h3-9,11H,10,19H2,1-2H3. The summed E-state index contributed by atoms with van der Waals surface area (Å²) in [5, 5.41) is 0. The number of imidazole rings is 1. The molecule has 4 heteroatoms. The number of hydrogen-bond acceptors (Lipinski definition) is 2. The van der Waals surface area contributed by atoms with E-state index >= 15 is 0 Å². The SMILES string of the molecule is CC(C)n1c(-c2ccccc2F)nc2cc(CN)ccc21. The predicted octanol–water partition coefficient (Wildman–Crippen LogP) is 3.88. The van der Waals surface area contributed by atoms with E-state index in [2.05, 4.69) is 23.4 Å². The number of benzene rings is 2. The first kappa shape index (κ1) is 13.8. The highest BCUT2D eigenvalue weighted by molar-refractivity contribution is 5.81. The molecule has 3 nitrogen and oxygen atoms in total. The van der Waals surface area contributed by atoms with Crippen LogP contribution in [0.2, 0.25) is 0 Å². The molecule has 0 fully saturated rings. The Balaban J connectivity index is 2.31. The number of hydrogen-bond donors (Lipinski definition) is 1. The number of fused-ring (bicyclic) bond motifs is 1. The average molecular weight is 283 g/mol. The molecular weight excluding hydrogens is 265 g/mol. The molecule has 0 saturated carbocycles. The summed E-state index contributed by atoms with van der Waals surface area (Å²) in [6.07, 6.45) is 0. The summed E-state index contributed by atoms with van der Waals surface area (Å²) in [6.45, 7) is 4.62. The fourth-order valence-electron chi connectivity index (χ4n) is 2.63. The van der Waals surface area contributed by atoms with E-state index in [9.17, 15) is 4.39 Å². The van der Waals surface area contributed by atoms with Crippen molar-refractivity contribution in [2.45, 2.75) is 26.4 Å². The van der Waals surface area contributed by atoms with Crippen LogP contribution >= 0.6 is 0 Å². The number of nitrogens with zero attached hydrogens (tertiary/aromatic N) is 2. The molecular formula is C17H18FN3. The van der Waals surface area contributed by atoms with Crippen molar-refractivity contribution in [2.24, 2.45) is 5.73 Å². The van der Waals surface area contributed by atoms with Gasteiger partial charge in [0.15, 0.2) is 0 Å². The van der Waals surface area contributed by atoms with Gasteiger partial charge < -0.3 is 10.3 Å². The lowest BCUT2D eigenvalue weighted by Gasteiger charge is -2.13. The van der Waals surface area contributed by atoms with Gasteiger partial charge in [-0.2, -0.15) is 0 Å². The van der Waals surface area contributed by atoms with E-state index in [4.69, 9.17) is 5.73 Å². The quantitative estimate of drug-likeness (QED) is 0.792. The predicted molar refractivity (Wildman–Crippen MR) is 83.4 cm³/mol. The molecule has 3 aromatic rings. The summed E-state index contributed by atoms with van der Waals surface area (Å²) in [5.74, 6) is 0.404. The van der Waals surface area contributed by atoms with Gasteiger partial charge in [0.25, 0.3) is 0 Å². The molecule has 108 valence electrons. The van der Waals surface area contributed by atoms with E-state index in [1.165, 1.54) is 6.07 Å². The molecule has 0 spiro atoms. The maximum Gasteiger partial charge on any atom is 0.144 e. The second kappa shape index (κ2) is 5.30. The molecule has 0 bridgehead atoms. The third-order valence-electron chi connectivity index (χ3n) is 3.62. The molecule has 0 atom stereocenters. The molecule has 0 aliphatic carbocycles. The van der Waals surface area contributed by atoms with Crippen LogP contribution in [0.1, 0.15) is 25.5 Å². The Labute approximate surface area is 123 Å². The highest BCUT2D eigenvalue weighted by Gasteiger charge is 2.17. The summed E-state index contributed by atoms with van der Waals surface area (Å²) in [7, 11) is 0. The van der Waals surface area contributed by atoms with Crippen molar-refractivity contribution < 1.29 is 4.39 Å². The minimum Gasteiger partial charge on any atom is -0.326 e. The molecule has 2 N–H and O–H groups in total. The zero-order valence-corrected chi connectivity index (χ0v) is 12.2. The normalized spacial score (nSPS) is 11.5. The molecule has 3 rings (SSSR count). The second-order valence-corrected chi connectivity index (χ2v) is 5.41. The summed E-state index contributed by atoms with van der Waals surface area (Å²) >= 11 is 0. The maximum absolute atomic E-state index is 14.1. The maximum atomic E-state index is 14.1. The average Bonchev–Trinajstić information content (AvgIpc) is 2.85. The van der Waals surface area contributed by atoms with Gasteiger partial charge in [-0.05, 0) is 43.7 Å².